The number of amides is 1. The maximum atomic E-state index is 13.7. The molecule has 1 saturated heterocycles. The van der Waals surface area contributed by atoms with Crippen LogP contribution in [0.15, 0.2) is 35.7 Å². The van der Waals surface area contributed by atoms with Crippen molar-refractivity contribution in [2.75, 3.05) is 13.2 Å². The summed E-state index contributed by atoms with van der Waals surface area (Å²) in [5.74, 6) is -0.239. The highest BCUT2D eigenvalue weighted by Crippen LogP contribution is 2.25. The van der Waals surface area contributed by atoms with Gasteiger partial charge in [0.2, 0.25) is 5.91 Å². The van der Waals surface area contributed by atoms with Gasteiger partial charge in [-0.15, -0.1) is 11.3 Å². The number of hydrogen-bond donors (Lipinski definition) is 1. The van der Waals surface area contributed by atoms with Gasteiger partial charge >= 0.3 is 0 Å². The standard InChI is InChI=1S/C21H23FN2O2S/c1-14-18(19-10-15(22)6-7-20(19)23-14)11-21(25)24(12-16-4-2-8-26-16)13-17-5-3-9-27-17/h3,5-7,9-10,16,23H,2,4,8,11-13H2,1H3. The van der Waals surface area contributed by atoms with Gasteiger partial charge in [-0.05, 0) is 55.0 Å². The molecule has 142 valence electrons. The Kier molecular flexibility index (Phi) is 5.27. The summed E-state index contributed by atoms with van der Waals surface area (Å²) in [5.41, 5.74) is 2.65. The van der Waals surface area contributed by atoms with Gasteiger partial charge in [-0.1, -0.05) is 6.07 Å². The van der Waals surface area contributed by atoms with Crippen LogP contribution in [0.25, 0.3) is 10.9 Å². The van der Waals surface area contributed by atoms with Gasteiger partial charge in [0.15, 0.2) is 0 Å². The van der Waals surface area contributed by atoms with Crippen molar-refractivity contribution in [3.05, 3.63) is 57.7 Å². The van der Waals surface area contributed by atoms with Crippen LogP contribution in [0.3, 0.4) is 0 Å². The van der Waals surface area contributed by atoms with Crippen molar-refractivity contribution < 1.29 is 13.9 Å². The fourth-order valence-corrected chi connectivity index (χ4v) is 4.44. The number of carbonyl (C=O) groups is 1. The molecule has 2 aromatic heterocycles. The molecule has 3 aromatic rings. The number of nitrogens with one attached hydrogen (secondary N) is 1. The summed E-state index contributed by atoms with van der Waals surface area (Å²) in [6, 6.07) is 8.71. The summed E-state index contributed by atoms with van der Waals surface area (Å²) in [4.78, 5) is 19.5. The van der Waals surface area contributed by atoms with Crippen LogP contribution < -0.4 is 0 Å². The Morgan fingerprint density at radius 3 is 3.04 bits per heavy atom. The topological polar surface area (TPSA) is 45.3 Å². The molecule has 1 amide bonds. The molecule has 1 aromatic carbocycles. The van der Waals surface area contributed by atoms with E-state index in [0.29, 0.717) is 13.1 Å². The third kappa shape index (κ3) is 4.06. The number of ether oxygens (including phenoxy) is 1. The molecule has 1 aliphatic rings. The minimum absolute atomic E-state index is 0.0483. The maximum Gasteiger partial charge on any atom is 0.227 e. The number of hydrogen-bond acceptors (Lipinski definition) is 3. The van der Waals surface area contributed by atoms with Crippen molar-refractivity contribution in [1.29, 1.82) is 0 Å². The number of carbonyl (C=O) groups excluding carboxylic acids is 1. The highest BCUT2D eigenvalue weighted by atomic mass is 32.1. The molecule has 1 fully saturated rings. The second-order valence-electron chi connectivity index (χ2n) is 7.08. The summed E-state index contributed by atoms with van der Waals surface area (Å²) >= 11 is 1.65. The number of aromatic nitrogens is 1. The van der Waals surface area contributed by atoms with Gasteiger partial charge in [0, 0.05) is 34.6 Å². The number of benzene rings is 1. The minimum atomic E-state index is -0.287. The molecule has 1 aliphatic heterocycles. The SMILES string of the molecule is Cc1[nH]c2ccc(F)cc2c1CC(=O)N(Cc1cccs1)CC1CCCO1. The summed E-state index contributed by atoms with van der Waals surface area (Å²) in [5, 5.41) is 2.81. The summed E-state index contributed by atoms with van der Waals surface area (Å²) in [6.45, 7) is 3.90. The van der Waals surface area contributed by atoms with Crippen molar-refractivity contribution in [3.63, 3.8) is 0 Å². The van der Waals surface area contributed by atoms with E-state index in [1.165, 1.54) is 12.1 Å². The lowest BCUT2D eigenvalue weighted by Gasteiger charge is -2.25. The first-order valence-corrected chi connectivity index (χ1v) is 10.2. The number of aryl methyl sites for hydroxylation is 1. The highest BCUT2D eigenvalue weighted by Gasteiger charge is 2.24. The molecular weight excluding hydrogens is 363 g/mol. The van der Waals surface area contributed by atoms with E-state index < -0.39 is 0 Å². The number of thiophene rings is 1. The third-order valence-corrected chi connectivity index (χ3v) is 6.00. The largest absolute Gasteiger partial charge is 0.376 e. The smallest absolute Gasteiger partial charge is 0.227 e. The minimum Gasteiger partial charge on any atom is -0.376 e. The van der Waals surface area contributed by atoms with Crippen molar-refractivity contribution in [3.8, 4) is 0 Å². The second-order valence-corrected chi connectivity index (χ2v) is 8.12. The molecule has 1 atom stereocenters. The first-order chi connectivity index (χ1) is 13.1. The molecule has 4 nitrogen and oxygen atoms in total. The zero-order valence-electron chi connectivity index (χ0n) is 15.3. The van der Waals surface area contributed by atoms with E-state index in [2.05, 4.69) is 4.98 Å². The van der Waals surface area contributed by atoms with Crippen LogP contribution in [0.2, 0.25) is 0 Å². The van der Waals surface area contributed by atoms with Gasteiger partial charge in [-0.2, -0.15) is 0 Å². The fraction of sp³-hybridized carbons (Fsp3) is 0.381. The van der Waals surface area contributed by atoms with E-state index in [1.54, 1.807) is 17.4 Å². The number of fused-ring (bicyclic) bond motifs is 1. The summed E-state index contributed by atoms with van der Waals surface area (Å²) < 4.78 is 19.5. The predicted octanol–water partition coefficient (Wildman–Crippen LogP) is 4.43. The Labute approximate surface area is 161 Å². The van der Waals surface area contributed by atoms with Crippen LogP contribution in [-0.2, 0) is 22.5 Å². The van der Waals surface area contributed by atoms with Gasteiger partial charge in [0.1, 0.15) is 5.82 Å². The van der Waals surface area contributed by atoms with Crippen LogP contribution in [0.5, 0.6) is 0 Å². The van der Waals surface area contributed by atoms with Gasteiger partial charge in [0.05, 0.1) is 19.1 Å². The Bertz CT molecular complexity index is 929. The first-order valence-electron chi connectivity index (χ1n) is 9.28. The Morgan fingerprint density at radius 1 is 1.41 bits per heavy atom. The van der Waals surface area contributed by atoms with Gasteiger partial charge < -0.3 is 14.6 Å². The number of aromatic amines is 1. The maximum absolute atomic E-state index is 13.7. The fourth-order valence-electron chi connectivity index (χ4n) is 3.72. The molecule has 27 heavy (non-hydrogen) atoms. The molecule has 3 heterocycles. The highest BCUT2D eigenvalue weighted by molar-refractivity contribution is 7.09. The molecule has 0 saturated carbocycles. The first kappa shape index (κ1) is 18.2. The van der Waals surface area contributed by atoms with Gasteiger partial charge in [-0.3, -0.25) is 4.79 Å². The van der Waals surface area contributed by atoms with Crippen LogP contribution in [0.4, 0.5) is 4.39 Å². The molecule has 0 aliphatic carbocycles. The van der Waals surface area contributed by atoms with Crippen molar-refractivity contribution in [2.24, 2.45) is 0 Å². The summed E-state index contributed by atoms with van der Waals surface area (Å²) in [7, 11) is 0. The van der Waals surface area contributed by atoms with E-state index >= 15 is 0 Å². The van der Waals surface area contributed by atoms with Gasteiger partial charge in [-0.25, -0.2) is 4.39 Å². The van der Waals surface area contributed by atoms with E-state index in [9.17, 15) is 9.18 Å². The van der Waals surface area contributed by atoms with E-state index in [-0.39, 0.29) is 24.2 Å². The number of H-pyrrole nitrogens is 1. The average Bonchev–Trinajstić information content (AvgIpc) is 3.38. The molecule has 6 heteroatoms. The second kappa shape index (κ2) is 7.82. The third-order valence-electron chi connectivity index (χ3n) is 5.14. The quantitative estimate of drug-likeness (QED) is 0.681. The Hall–Kier alpha value is -2.18. The Morgan fingerprint density at radius 2 is 2.30 bits per heavy atom. The lowest BCUT2D eigenvalue weighted by atomic mass is 10.1. The summed E-state index contributed by atoms with van der Waals surface area (Å²) in [6.07, 6.45) is 2.40. The molecule has 4 rings (SSSR count). The molecular formula is C21H23FN2O2S. The predicted molar refractivity (Wildman–Crippen MR) is 105 cm³/mol. The van der Waals surface area contributed by atoms with Gasteiger partial charge in [0.25, 0.3) is 0 Å². The number of halogens is 1. The van der Waals surface area contributed by atoms with Crippen LogP contribution in [0.1, 0.15) is 29.0 Å². The van der Waals surface area contributed by atoms with E-state index in [0.717, 1.165) is 46.5 Å². The number of nitrogens with zero attached hydrogens (tertiary/aromatic N) is 1. The lowest BCUT2D eigenvalue weighted by Crippen LogP contribution is -2.37. The Balaban J connectivity index is 1.57. The van der Waals surface area contributed by atoms with Crippen molar-refractivity contribution in [2.45, 2.75) is 38.8 Å². The van der Waals surface area contributed by atoms with Crippen molar-refractivity contribution in [1.82, 2.24) is 9.88 Å². The zero-order valence-corrected chi connectivity index (χ0v) is 16.2. The average molecular weight is 386 g/mol. The van der Waals surface area contributed by atoms with E-state index in [4.69, 9.17) is 4.74 Å². The molecule has 0 radical (unpaired) electrons. The molecule has 1 N–H and O–H groups in total. The lowest BCUT2D eigenvalue weighted by molar-refractivity contribution is -0.132. The monoisotopic (exact) mass is 386 g/mol. The van der Waals surface area contributed by atoms with Crippen LogP contribution in [-0.4, -0.2) is 35.0 Å². The molecule has 1 unspecified atom stereocenters. The normalized spacial score (nSPS) is 16.9. The number of rotatable bonds is 6. The molecule has 0 bridgehead atoms. The molecule has 0 spiro atoms. The zero-order chi connectivity index (χ0) is 18.8. The van der Waals surface area contributed by atoms with E-state index in [1.807, 2.05) is 29.3 Å². The van der Waals surface area contributed by atoms with Crippen LogP contribution in [0, 0.1) is 12.7 Å². The van der Waals surface area contributed by atoms with Crippen molar-refractivity contribution >= 4 is 28.1 Å². The van der Waals surface area contributed by atoms with Crippen LogP contribution >= 0.6 is 11.3 Å².